The number of aromatic hydroxyl groups is 1. The fourth-order valence-electron chi connectivity index (χ4n) is 2.87. The number of carbonyl (C=O) groups is 2. The van der Waals surface area contributed by atoms with Crippen molar-refractivity contribution >= 4 is 61.4 Å². The van der Waals surface area contributed by atoms with Crippen LogP contribution in [-0.4, -0.2) is 35.8 Å². The minimum atomic E-state index is -0.833. The Bertz CT molecular complexity index is 1240. The highest BCUT2D eigenvalue weighted by atomic mass is 79.9. The van der Waals surface area contributed by atoms with Gasteiger partial charge in [0.25, 0.3) is 0 Å². The Hall–Kier alpha value is -2.88. The molecule has 182 valence electrons. The van der Waals surface area contributed by atoms with Crippen molar-refractivity contribution in [2.75, 3.05) is 6.61 Å². The summed E-state index contributed by atoms with van der Waals surface area (Å²) in [6.45, 7) is 3.51. The highest BCUT2D eigenvalue weighted by Crippen LogP contribution is 2.38. The van der Waals surface area contributed by atoms with Gasteiger partial charge in [0.15, 0.2) is 11.5 Å². The summed E-state index contributed by atoms with van der Waals surface area (Å²) < 4.78 is 12.0. The molecule has 3 aromatic carbocycles. The number of ketones is 1. The standard InChI is InChI=1S/C25H20Br2ClNO6/c1-3-33-25(32)14(2)35-29-13-15-10-20(26)24(21(27)11-15)34-18-8-9-22(30)19(12-18)23(31)16-4-6-17(28)7-5-16/h4-14,30H,3H2,1-2H3/b29-13-. The number of hydrogen-bond donors (Lipinski definition) is 1. The summed E-state index contributed by atoms with van der Waals surface area (Å²) in [4.78, 5) is 29.6. The summed E-state index contributed by atoms with van der Waals surface area (Å²) in [7, 11) is 0. The van der Waals surface area contributed by atoms with Crippen molar-refractivity contribution in [2.24, 2.45) is 5.16 Å². The number of nitrogens with zero attached hydrogens (tertiary/aromatic N) is 1. The predicted molar refractivity (Wildman–Crippen MR) is 140 cm³/mol. The maximum absolute atomic E-state index is 12.9. The van der Waals surface area contributed by atoms with Crippen LogP contribution in [0.1, 0.15) is 35.3 Å². The van der Waals surface area contributed by atoms with E-state index in [0.29, 0.717) is 36.6 Å². The number of oxime groups is 1. The van der Waals surface area contributed by atoms with Crippen LogP contribution in [0.2, 0.25) is 5.02 Å². The zero-order chi connectivity index (χ0) is 25.5. The first-order chi connectivity index (χ1) is 16.7. The van der Waals surface area contributed by atoms with E-state index in [2.05, 4.69) is 37.0 Å². The molecule has 0 saturated heterocycles. The lowest BCUT2D eigenvalue weighted by molar-refractivity contribution is -0.155. The van der Waals surface area contributed by atoms with Crippen molar-refractivity contribution in [2.45, 2.75) is 20.0 Å². The Morgan fingerprint density at radius 2 is 1.74 bits per heavy atom. The van der Waals surface area contributed by atoms with Gasteiger partial charge in [-0.1, -0.05) is 16.8 Å². The summed E-state index contributed by atoms with van der Waals surface area (Å²) in [5.41, 5.74) is 1.14. The number of carbonyl (C=O) groups excluding carboxylic acids is 2. The quantitative estimate of drug-likeness (QED) is 0.120. The van der Waals surface area contributed by atoms with Crippen molar-refractivity contribution in [1.82, 2.24) is 0 Å². The Morgan fingerprint density at radius 3 is 2.37 bits per heavy atom. The molecular formula is C25H20Br2ClNO6. The third kappa shape index (κ3) is 7.06. The lowest BCUT2D eigenvalue weighted by Gasteiger charge is -2.13. The van der Waals surface area contributed by atoms with Gasteiger partial charge < -0.3 is 19.4 Å². The second-order valence-electron chi connectivity index (χ2n) is 7.16. The third-order valence-electron chi connectivity index (χ3n) is 4.60. The van der Waals surface area contributed by atoms with E-state index in [1.807, 2.05) is 0 Å². The number of benzene rings is 3. The van der Waals surface area contributed by atoms with E-state index >= 15 is 0 Å². The van der Waals surface area contributed by atoms with E-state index in [0.717, 1.165) is 0 Å². The molecule has 0 bridgehead atoms. The molecule has 1 N–H and O–H groups in total. The number of rotatable bonds is 9. The Balaban J connectivity index is 1.77. The normalized spacial score (nSPS) is 11.8. The topological polar surface area (TPSA) is 94.4 Å². The zero-order valence-corrected chi connectivity index (χ0v) is 22.6. The van der Waals surface area contributed by atoms with Gasteiger partial charge in [0.2, 0.25) is 6.10 Å². The van der Waals surface area contributed by atoms with Crippen LogP contribution in [-0.2, 0) is 14.4 Å². The van der Waals surface area contributed by atoms with Crippen LogP contribution in [0.5, 0.6) is 17.2 Å². The SMILES string of the molecule is CCOC(=O)C(C)O/N=C\c1cc(Br)c(Oc2ccc(O)c(C(=O)c3ccc(Cl)cc3)c2)c(Br)c1. The van der Waals surface area contributed by atoms with Crippen LogP contribution in [0, 0.1) is 0 Å². The molecule has 3 aromatic rings. The van der Waals surface area contributed by atoms with Crippen molar-refractivity contribution in [3.8, 4) is 17.2 Å². The molecule has 0 aliphatic rings. The smallest absolute Gasteiger partial charge is 0.349 e. The fourth-order valence-corrected chi connectivity index (χ4v) is 4.38. The molecule has 7 nitrogen and oxygen atoms in total. The van der Waals surface area contributed by atoms with Gasteiger partial charge in [0.1, 0.15) is 11.5 Å². The summed E-state index contributed by atoms with van der Waals surface area (Å²) in [6.07, 6.45) is 0.610. The molecule has 35 heavy (non-hydrogen) atoms. The summed E-state index contributed by atoms with van der Waals surface area (Å²) >= 11 is 12.8. The largest absolute Gasteiger partial charge is 0.507 e. The van der Waals surface area contributed by atoms with E-state index in [1.165, 1.54) is 18.3 Å². The van der Waals surface area contributed by atoms with Crippen LogP contribution in [0.25, 0.3) is 0 Å². The highest BCUT2D eigenvalue weighted by Gasteiger charge is 2.17. The number of halogens is 3. The number of ether oxygens (including phenoxy) is 2. The molecule has 0 aliphatic carbocycles. The van der Waals surface area contributed by atoms with Gasteiger partial charge >= 0.3 is 5.97 Å². The molecule has 10 heteroatoms. The van der Waals surface area contributed by atoms with Gasteiger partial charge in [-0.3, -0.25) is 4.79 Å². The Labute approximate surface area is 223 Å². The van der Waals surface area contributed by atoms with E-state index in [1.54, 1.807) is 56.3 Å². The lowest BCUT2D eigenvalue weighted by Crippen LogP contribution is -2.21. The molecule has 1 atom stereocenters. The van der Waals surface area contributed by atoms with Crippen molar-refractivity contribution < 1.29 is 29.0 Å². The molecule has 3 rings (SSSR count). The molecule has 0 amide bonds. The van der Waals surface area contributed by atoms with Crippen LogP contribution in [0.15, 0.2) is 68.7 Å². The van der Waals surface area contributed by atoms with Gasteiger partial charge in [-0.05, 0) is 106 Å². The zero-order valence-electron chi connectivity index (χ0n) is 18.6. The van der Waals surface area contributed by atoms with E-state index in [9.17, 15) is 14.7 Å². The van der Waals surface area contributed by atoms with E-state index < -0.39 is 12.1 Å². The molecule has 0 aromatic heterocycles. The molecule has 1 unspecified atom stereocenters. The van der Waals surface area contributed by atoms with Crippen LogP contribution < -0.4 is 4.74 Å². The third-order valence-corrected chi connectivity index (χ3v) is 6.03. The number of esters is 1. The maximum Gasteiger partial charge on any atom is 0.349 e. The molecular weight excluding hydrogens is 606 g/mol. The second kappa shape index (κ2) is 12.2. The molecule has 0 spiro atoms. The predicted octanol–water partition coefficient (Wildman–Crippen LogP) is 6.90. The number of hydrogen-bond acceptors (Lipinski definition) is 7. The summed E-state index contributed by atoms with van der Waals surface area (Å²) in [5.74, 6) is -0.253. The van der Waals surface area contributed by atoms with E-state index in [4.69, 9.17) is 25.9 Å². The molecule has 0 heterocycles. The Kier molecular flexibility index (Phi) is 9.31. The monoisotopic (exact) mass is 623 g/mol. The minimum absolute atomic E-state index is 0.0914. The molecule has 0 aliphatic heterocycles. The average Bonchev–Trinajstić information content (AvgIpc) is 2.82. The van der Waals surface area contributed by atoms with Crippen LogP contribution >= 0.6 is 43.5 Å². The molecule has 0 saturated carbocycles. The summed E-state index contributed by atoms with van der Waals surface area (Å²) in [6, 6.07) is 14.3. The van der Waals surface area contributed by atoms with Crippen LogP contribution in [0.4, 0.5) is 0 Å². The van der Waals surface area contributed by atoms with Crippen molar-refractivity contribution in [1.29, 1.82) is 0 Å². The number of phenolic OH excluding ortho intramolecular Hbond substituents is 1. The first-order valence-corrected chi connectivity index (χ1v) is 12.3. The average molecular weight is 626 g/mol. The van der Waals surface area contributed by atoms with Gasteiger partial charge in [-0.2, -0.15) is 0 Å². The first-order valence-electron chi connectivity index (χ1n) is 10.4. The molecule has 0 radical (unpaired) electrons. The van der Waals surface area contributed by atoms with Gasteiger partial charge in [-0.15, -0.1) is 0 Å². The Morgan fingerprint density at radius 1 is 1.09 bits per heavy atom. The first kappa shape index (κ1) is 26.7. The second-order valence-corrected chi connectivity index (χ2v) is 9.31. The number of phenols is 1. The van der Waals surface area contributed by atoms with Crippen molar-refractivity contribution in [3.63, 3.8) is 0 Å². The van der Waals surface area contributed by atoms with E-state index in [-0.39, 0.29) is 23.7 Å². The molecule has 0 fully saturated rings. The van der Waals surface area contributed by atoms with Gasteiger partial charge in [-0.25, -0.2) is 4.79 Å². The highest BCUT2D eigenvalue weighted by molar-refractivity contribution is 9.11. The van der Waals surface area contributed by atoms with Gasteiger partial charge in [0.05, 0.1) is 27.3 Å². The van der Waals surface area contributed by atoms with Crippen molar-refractivity contribution in [3.05, 3.63) is 85.3 Å². The van der Waals surface area contributed by atoms with Gasteiger partial charge in [0, 0.05) is 10.6 Å². The van der Waals surface area contributed by atoms with Crippen LogP contribution in [0.3, 0.4) is 0 Å². The summed E-state index contributed by atoms with van der Waals surface area (Å²) in [5, 5.41) is 14.6. The maximum atomic E-state index is 12.9. The minimum Gasteiger partial charge on any atom is -0.507 e. The fraction of sp³-hybridized carbons (Fsp3) is 0.160. The lowest BCUT2D eigenvalue weighted by atomic mass is 10.0.